The highest BCUT2D eigenvalue weighted by molar-refractivity contribution is 7.28. The molecular formula is C32H42S4. The van der Waals surface area contributed by atoms with Gasteiger partial charge in [-0.25, -0.2) is 0 Å². The van der Waals surface area contributed by atoms with E-state index in [1.807, 2.05) is 45.3 Å². The Hall–Kier alpha value is -1.20. The first kappa shape index (κ1) is 27.8. The summed E-state index contributed by atoms with van der Waals surface area (Å²) < 4.78 is 0. The molecule has 0 fully saturated rings. The van der Waals surface area contributed by atoms with Crippen molar-refractivity contribution in [2.24, 2.45) is 0 Å². The molecule has 0 saturated carbocycles. The molecule has 0 N–H and O–H groups in total. The molecule has 0 aliphatic rings. The van der Waals surface area contributed by atoms with Crippen LogP contribution in [-0.2, 0) is 12.8 Å². The van der Waals surface area contributed by atoms with Crippen LogP contribution in [0.3, 0.4) is 0 Å². The van der Waals surface area contributed by atoms with Gasteiger partial charge in [0.1, 0.15) is 0 Å². The van der Waals surface area contributed by atoms with Crippen molar-refractivity contribution in [2.75, 3.05) is 0 Å². The van der Waals surface area contributed by atoms with Crippen LogP contribution < -0.4 is 0 Å². The summed E-state index contributed by atoms with van der Waals surface area (Å²) in [6.45, 7) is 4.58. The number of thiophene rings is 4. The van der Waals surface area contributed by atoms with E-state index in [4.69, 9.17) is 0 Å². The van der Waals surface area contributed by atoms with Gasteiger partial charge in [0.05, 0.1) is 0 Å². The van der Waals surface area contributed by atoms with Gasteiger partial charge in [-0.15, -0.1) is 45.3 Å². The average Bonchev–Trinajstić information content (AvgIpc) is 3.69. The fraction of sp³-hybridized carbons (Fsp3) is 0.500. The van der Waals surface area contributed by atoms with E-state index in [0.29, 0.717) is 0 Å². The lowest BCUT2D eigenvalue weighted by molar-refractivity contribution is 0.608. The second kappa shape index (κ2) is 15.3. The Morgan fingerprint density at radius 3 is 1.78 bits per heavy atom. The zero-order valence-corrected chi connectivity index (χ0v) is 25.4. The molecule has 0 aromatic carbocycles. The first-order valence-corrected chi connectivity index (χ1v) is 17.5. The van der Waals surface area contributed by atoms with Crippen molar-refractivity contribution in [3.05, 3.63) is 58.3 Å². The fourth-order valence-electron chi connectivity index (χ4n) is 4.78. The molecule has 4 aromatic rings. The van der Waals surface area contributed by atoms with Crippen LogP contribution in [0.1, 0.15) is 102 Å². The average molecular weight is 555 g/mol. The molecular weight excluding hydrogens is 513 g/mol. The standard InChI is InChI=1S/C32H42S4/c1-3-5-7-9-11-13-15-25-23-31(34-24-25)29-18-17-27(35-29)28-19-20-30(36-28)32-26(21-22-33-32)16-14-12-10-8-6-4-2/h17-24H,3-16H2,1-2H3. The summed E-state index contributed by atoms with van der Waals surface area (Å²) in [7, 11) is 0. The van der Waals surface area contributed by atoms with Gasteiger partial charge in [-0.1, -0.05) is 78.1 Å². The highest BCUT2D eigenvalue weighted by atomic mass is 32.1. The maximum absolute atomic E-state index is 2.44. The minimum Gasteiger partial charge on any atom is -0.143 e. The predicted molar refractivity (Wildman–Crippen MR) is 168 cm³/mol. The van der Waals surface area contributed by atoms with E-state index in [1.165, 1.54) is 125 Å². The Balaban J connectivity index is 1.31. The Labute approximate surface area is 235 Å². The molecule has 0 nitrogen and oxygen atoms in total. The van der Waals surface area contributed by atoms with Crippen LogP contribution in [0.2, 0.25) is 0 Å². The van der Waals surface area contributed by atoms with Gasteiger partial charge in [0.15, 0.2) is 0 Å². The lowest BCUT2D eigenvalue weighted by atomic mass is 10.1. The van der Waals surface area contributed by atoms with E-state index >= 15 is 0 Å². The second-order valence-electron chi connectivity index (χ2n) is 9.96. The lowest BCUT2D eigenvalue weighted by Crippen LogP contribution is -1.86. The smallest absolute Gasteiger partial charge is 0.0474 e. The first-order valence-electron chi connectivity index (χ1n) is 14.1. The summed E-state index contributed by atoms with van der Waals surface area (Å²) in [5.41, 5.74) is 3.07. The second-order valence-corrected chi connectivity index (χ2v) is 14.0. The molecule has 36 heavy (non-hydrogen) atoms. The zero-order chi connectivity index (χ0) is 25.0. The van der Waals surface area contributed by atoms with Gasteiger partial charge in [-0.05, 0) is 84.0 Å². The number of aryl methyl sites for hydroxylation is 2. The van der Waals surface area contributed by atoms with Crippen LogP contribution in [0, 0.1) is 0 Å². The molecule has 194 valence electrons. The highest BCUT2D eigenvalue weighted by Crippen LogP contribution is 2.43. The lowest BCUT2D eigenvalue weighted by Gasteiger charge is -2.03. The van der Waals surface area contributed by atoms with E-state index in [2.05, 4.69) is 61.0 Å². The zero-order valence-electron chi connectivity index (χ0n) is 22.2. The summed E-state index contributed by atoms with van der Waals surface area (Å²) in [5, 5.41) is 4.66. The Morgan fingerprint density at radius 2 is 1.08 bits per heavy atom. The summed E-state index contributed by atoms with van der Waals surface area (Å²) in [5.74, 6) is 0. The molecule has 0 unspecified atom stereocenters. The van der Waals surface area contributed by atoms with Gasteiger partial charge < -0.3 is 0 Å². The van der Waals surface area contributed by atoms with Crippen LogP contribution in [0.15, 0.2) is 47.2 Å². The van der Waals surface area contributed by atoms with Crippen molar-refractivity contribution in [3.8, 4) is 29.3 Å². The van der Waals surface area contributed by atoms with E-state index in [0.717, 1.165) is 0 Å². The quantitative estimate of drug-likeness (QED) is 0.114. The molecule has 4 rings (SSSR count). The van der Waals surface area contributed by atoms with Crippen molar-refractivity contribution >= 4 is 45.3 Å². The topological polar surface area (TPSA) is 0 Å². The van der Waals surface area contributed by atoms with Gasteiger partial charge in [-0.2, -0.15) is 0 Å². The van der Waals surface area contributed by atoms with E-state index in [-0.39, 0.29) is 0 Å². The number of unbranched alkanes of at least 4 members (excludes halogenated alkanes) is 10. The molecule has 0 aliphatic carbocycles. The van der Waals surface area contributed by atoms with Crippen molar-refractivity contribution in [1.82, 2.24) is 0 Å². The van der Waals surface area contributed by atoms with Gasteiger partial charge in [0.2, 0.25) is 0 Å². The van der Waals surface area contributed by atoms with Gasteiger partial charge in [-0.3, -0.25) is 0 Å². The van der Waals surface area contributed by atoms with Gasteiger partial charge in [0, 0.05) is 29.3 Å². The van der Waals surface area contributed by atoms with Crippen molar-refractivity contribution in [2.45, 2.75) is 104 Å². The molecule has 4 aromatic heterocycles. The minimum atomic E-state index is 1.22. The van der Waals surface area contributed by atoms with Crippen LogP contribution in [-0.4, -0.2) is 0 Å². The number of rotatable bonds is 17. The molecule has 0 saturated heterocycles. The van der Waals surface area contributed by atoms with Crippen molar-refractivity contribution < 1.29 is 0 Å². The fourth-order valence-corrected chi connectivity index (χ4v) is 9.05. The summed E-state index contributed by atoms with van der Waals surface area (Å²) in [6, 6.07) is 14.1. The van der Waals surface area contributed by atoms with Gasteiger partial charge >= 0.3 is 0 Å². The SMILES string of the molecule is CCCCCCCCc1csc(-c2ccc(-c3ccc(-c4sccc4CCCCCCCC)s3)s2)c1. The molecule has 0 bridgehead atoms. The molecule has 0 atom stereocenters. The third kappa shape index (κ3) is 8.15. The van der Waals surface area contributed by atoms with Crippen LogP contribution in [0.25, 0.3) is 29.3 Å². The molecule has 4 heteroatoms. The van der Waals surface area contributed by atoms with E-state index in [1.54, 1.807) is 5.56 Å². The predicted octanol–water partition coefficient (Wildman–Crippen LogP) is 12.7. The van der Waals surface area contributed by atoms with Crippen LogP contribution in [0.5, 0.6) is 0 Å². The summed E-state index contributed by atoms with van der Waals surface area (Å²) in [4.78, 5) is 8.59. The van der Waals surface area contributed by atoms with Gasteiger partial charge in [0.25, 0.3) is 0 Å². The van der Waals surface area contributed by atoms with Crippen molar-refractivity contribution in [1.29, 1.82) is 0 Å². The Morgan fingerprint density at radius 1 is 0.528 bits per heavy atom. The van der Waals surface area contributed by atoms with Crippen LogP contribution >= 0.6 is 45.3 Å². The number of hydrogen-bond donors (Lipinski definition) is 0. The number of hydrogen-bond acceptors (Lipinski definition) is 4. The monoisotopic (exact) mass is 554 g/mol. The maximum atomic E-state index is 2.44. The first-order chi connectivity index (χ1) is 17.8. The third-order valence-corrected chi connectivity index (χ3v) is 11.6. The third-order valence-electron chi connectivity index (χ3n) is 6.94. The Bertz CT molecular complexity index is 1140. The Kier molecular flexibility index (Phi) is 11.8. The summed E-state index contributed by atoms with van der Waals surface area (Å²) >= 11 is 7.75. The van der Waals surface area contributed by atoms with E-state index < -0.39 is 0 Å². The van der Waals surface area contributed by atoms with Crippen LogP contribution in [0.4, 0.5) is 0 Å². The molecule has 0 spiro atoms. The van der Waals surface area contributed by atoms with Crippen molar-refractivity contribution in [3.63, 3.8) is 0 Å². The highest BCUT2D eigenvalue weighted by Gasteiger charge is 2.13. The van der Waals surface area contributed by atoms with E-state index in [9.17, 15) is 0 Å². The molecule has 0 amide bonds. The molecule has 0 radical (unpaired) electrons. The maximum Gasteiger partial charge on any atom is 0.0474 e. The minimum absolute atomic E-state index is 1.22. The molecule has 0 aliphatic heterocycles. The summed E-state index contributed by atoms with van der Waals surface area (Å²) in [6.07, 6.45) is 18.9. The largest absolute Gasteiger partial charge is 0.143 e. The normalized spacial score (nSPS) is 11.5. The molecule has 4 heterocycles.